The first-order chi connectivity index (χ1) is 13.6. The third-order valence-electron chi connectivity index (χ3n) is 5.23. The molecule has 2 aromatic heterocycles. The van der Waals surface area contributed by atoms with Gasteiger partial charge < -0.3 is 14.8 Å². The van der Waals surface area contributed by atoms with E-state index in [1.54, 1.807) is 0 Å². The number of imidazole rings is 1. The van der Waals surface area contributed by atoms with Gasteiger partial charge >= 0.3 is 6.03 Å². The van der Waals surface area contributed by atoms with E-state index < -0.39 is 0 Å². The number of nitrogens with one attached hydrogen (secondary N) is 1. The van der Waals surface area contributed by atoms with Crippen LogP contribution in [0.5, 0.6) is 0 Å². The fraction of sp³-hybridized carbons (Fsp3) is 0.381. The summed E-state index contributed by atoms with van der Waals surface area (Å²) in [4.78, 5) is 24.0. The number of fused-ring (bicyclic) bond motifs is 1. The minimum absolute atomic E-state index is 0.0551. The van der Waals surface area contributed by atoms with Gasteiger partial charge in [0.15, 0.2) is 5.65 Å². The molecule has 0 bridgehead atoms. The van der Waals surface area contributed by atoms with Crippen LogP contribution in [0.1, 0.15) is 37.1 Å². The van der Waals surface area contributed by atoms with Gasteiger partial charge in [0, 0.05) is 41.9 Å². The Bertz CT molecular complexity index is 1020. The Morgan fingerprint density at radius 1 is 1.36 bits per heavy atom. The Morgan fingerprint density at radius 3 is 3.00 bits per heavy atom. The first-order valence-corrected chi connectivity index (χ1v) is 10.5. The van der Waals surface area contributed by atoms with E-state index in [1.807, 2.05) is 48.4 Å². The van der Waals surface area contributed by atoms with Crippen LogP contribution in [-0.2, 0) is 6.54 Å². The van der Waals surface area contributed by atoms with Gasteiger partial charge in [0.25, 0.3) is 0 Å². The second kappa shape index (κ2) is 7.91. The normalized spacial score (nSPS) is 16.7. The van der Waals surface area contributed by atoms with Crippen LogP contribution in [0, 0.1) is 6.92 Å². The van der Waals surface area contributed by atoms with Crippen molar-refractivity contribution in [3.05, 3.63) is 52.4 Å². The van der Waals surface area contributed by atoms with Crippen LogP contribution in [0.2, 0.25) is 0 Å². The first-order valence-electron chi connectivity index (χ1n) is 9.70. The number of benzene rings is 1. The molecule has 1 fully saturated rings. The zero-order valence-electron chi connectivity index (χ0n) is 16.2. The summed E-state index contributed by atoms with van der Waals surface area (Å²) in [6.45, 7) is 6.47. The van der Waals surface area contributed by atoms with Gasteiger partial charge in [0.2, 0.25) is 0 Å². The summed E-state index contributed by atoms with van der Waals surface area (Å²) in [5.74, 6) is 1.28. The molecule has 1 aliphatic rings. The van der Waals surface area contributed by atoms with E-state index in [2.05, 4.69) is 37.7 Å². The highest BCUT2D eigenvalue weighted by atomic mass is 79.9. The van der Waals surface area contributed by atoms with Gasteiger partial charge in [-0.1, -0.05) is 22.9 Å². The molecule has 3 heterocycles. The highest BCUT2D eigenvalue weighted by Crippen LogP contribution is 2.30. The summed E-state index contributed by atoms with van der Waals surface area (Å²) in [6, 6.07) is 9.71. The summed E-state index contributed by atoms with van der Waals surface area (Å²) < 4.78 is 3.26. The number of likely N-dealkylation sites (tertiary alicyclic amines) is 1. The van der Waals surface area contributed by atoms with E-state index in [1.165, 1.54) is 0 Å². The van der Waals surface area contributed by atoms with Crippen LogP contribution in [0.4, 0.5) is 10.5 Å². The average molecular weight is 442 g/mol. The molecule has 2 amide bonds. The fourth-order valence-electron chi connectivity index (χ4n) is 3.81. The minimum Gasteiger partial charge on any atom is -0.324 e. The summed E-state index contributed by atoms with van der Waals surface area (Å²) >= 11 is 3.49. The van der Waals surface area contributed by atoms with Crippen LogP contribution in [0.25, 0.3) is 11.2 Å². The number of halogens is 1. The Kier molecular flexibility index (Phi) is 5.35. The van der Waals surface area contributed by atoms with Crippen molar-refractivity contribution in [2.75, 3.05) is 18.4 Å². The predicted molar refractivity (Wildman–Crippen MR) is 115 cm³/mol. The number of pyridine rings is 1. The lowest BCUT2D eigenvalue weighted by molar-refractivity contribution is 0.222. The van der Waals surface area contributed by atoms with Gasteiger partial charge in [-0.2, -0.15) is 0 Å². The van der Waals surface area contributed by atoms with Gasteiger partial charge in [0.1, 0.15) is 11.3 Å². The number of carbonyl (C=O) groups is 1. The number of rotatable bonds is 4. The molecule has 1 atom stereocenters. The van der Waals surface area contributed by atoms with Crippen molar-refractivity contribution in [1.29, 1.82) is 0 Å². The number of aryl methyl sites for hydroxylation is 2. The molecule has 1 saturated heterocycles. The molecule has 0 radical (unpaired) electrons. The maximum absolute atomic E-state index is 12.7. The Hall–Kier alpha value is -2.41. The van der Waals surface area contributed by atoms with Crippen LogP contribution < -0.4 is 5.32 Å². The van der Waals surface area contributed by atoms with Crippen molar-refractivity contribution < 1.29 is 4.79 Å². The molecule has 7 heteroatoms. The van der Waals surface area contributed by atoms with Crippen LogP contribution >= 0.6 is 15.9 Å². The molecular weight excluding hydrogens is 418 g/mol. The molecule has 3 aromatic rings. The SMILES string of the molecule is CCCn1c([C@H]2CCN(C(=O)Nc3ccc(Br)c(C)c3)C2)nc2cccnc21. The van der Waals surface area contributed by atoms with Crippen molar-refractivity contribution in [1.82, 2.24) is 19.4 Å². The third kappa shape index (κ3) is 3.63. The van der Waals surface area contributed by atoms with Crippen molar-refractivity contribution in [3.63, 3.8) is 0 Å². The number of hydrogen-bond donors (Lipinski definition) is 1. The second-order valence-corrected chi connectivity index (χ2v) is 8.15. The third-order valence-corrected chi connectivity index (χ3v) is 6.12. The van der Waals surface area contributed by atoms with Crippen molar-refractivity contribution in [2.45, 2.75) is 39.2 Å². The van der Waals surface area contributed by atoms with Crippen LogP contribution in [-0.4, -0.2) is 38.6 Å². The number of hydrogen-bond acceptors (Lipinski definition) is 3. The number of anilines is 1. The lowest BCUT2D eigenvalue weighted by Crippen LogP contribution is -2.33. The van der Waals surface area contributed by atoms with E-state index in [0.717, 1.165) is 58.6 Å². The van der Waals surface area contributed by atoms with Gasteiger partial charge in [-0.25, -0.2) is 14.8 Å². The molecule has 4 rings (SSSR count). The lowest BCUT2D eigenvalue weighted by Gasteiger charge is -2.18. The van der Waals surface area contributed by atoms with Crippen molar-refractivity contribution in [2.24, 2.45) is 0 Å². The topological polar surface area (TPSA) is 63.1 Å². The number of urea groups is 1. The zero-order valence-corrected chi connectivity index (χ0v) is 17.7. The smallest absolute Gasteiger partial charge is 0.321 e. The van der Waals surface area contributed by atoms with Crippen LogP contribution in [0.15, 0.2) is 41.0 Å². The molecular formula is C21H24BrN5O. The van der Waals surface area contributed by atoms with E-state index in [4.69, 9.17) is 4.98 Å². The largest absolute Gasteiger partial charge is 0.324 e. The molecule has 146 valence electrons. The molecule has 1 N–H and O–H groups in total. The van der Waals surface area contributed by atoms with E-state index >= 15 is 0 Å². The molecule has 0 saturated carbocycles. The molecule has 0 unspecified atom stereocenters. The number of amides is 2. The zero-order chi connectivity index (χ0) is 19.7. The Morgan fingerprint density at radius 2 is 2.21 bits per heavy atom. The van der Waals surface area contributed by atoms with Gasteiger partial charge in [-0.3, -0.25) is 0 Å². The maximum atomic E-state index is 12.7. The highest BCUT2D eigenvalue weighted by molar-refractivity contribution is 9.10. The van der Waals surface area contributed by atoms with Gasteiger partial charge in [0.05, 0.1) is 0 Å². The monoisotopic (exact) mass is 441 g/mol. The summed E-state index contributed by atoms with van der Waals surface area (Å²) in [6.07, 6.45) is 3.75. The molecule has 28 heavy (non-hydrogen) atoms. The second-order valence-electron chi connectivity index (χ2n) is 7.29. The standard InChI is InChI=1S/C21H24BrN5O/c1-3-10-27-19(25-18-5-4-9-23-20(18)27)15-8-11-26(13-15)21(28)24-16-6-7-17(22)14(2)12-16/h4-7,9,12,15H,3,8,10-11,13H2,1-2H3,(H,24,28)/t15-/m0/s1. The number of nitrogens with zero attached hydrogens (tertiary/aromatic N) is 4. The van der Waals surface area contributed by atoms with Gasteiger partial charge in [-0.15, -0.1) is 0 Å². The van der Waals surface area contributed by atoms with Crippen molar-refractivity contribution >= 4 is 38.8 Å². The average Bonchev–Trinajstić information content (AvgIpc) is 3.30. The molecule has 0 aliphatic carbocycles. The molecule has 6 nitrogen and oxygen atoms in total. The Balaban J connectivity index is 1.51. The Labute approximate surface area is 173 Å². The van der Waals surface area contributed by atoms with E-state index in [9.17, 15) is 4.79 Å². The van der Waals surface area contributed by atoms with Crippen LogP contribution in [0.3, 0.4) is 0 Å². The number of carbonyl (C=O) groups excluding carboxylic acids is 1. The molecule has 1 aromatic carbocycles. The molecule has 0 spiro atoms. The maximum Gasteiger partial charge on any atom is 0.321 e. The van der Waals surface area contributed by atoms with E-state index in [0.29, 0.717) is 6.54 Å². The lowest BCUT2D eigenvalue weighted by atomic mass is 10.1. The van der Waals surface area contributed by atoms with Gasteiger partial charge in [-0.05, 0) is 55.7 Å². The van der Waals surface area contributed by atoms with E-state index in [-0.39, 0.29) is 11.9 Å². The number of aromatic nitrogens is 3. The minimum atomic E-state index is -0.0551. The summed E-state index contributed by atoms with van der Waals surface area (Å²) in [5, 5.41) is 3.02. The quantitative estimate of drug-likeness (QED) is 0.623. The summed E-state index contributed by atoms with van der Waals surface area (Å²) in [5.41, 5.74) is 3.78. The van der Waals surface area contributed by atoms with Crippen molar-refractivity contribution in [3.8, 4) is 0 Å². The summed E-state index contributed by atoms with van der Waals surface area (Å²) in [7, 11) is 0. The predicted octanol–water partition coefficient (Wildman–Crippen LogP) is 4.93. The molecule has 1 aliphatic heterocycles. The fourth-order valence-corrected chi connectivity index (χ4v) is 4.06. The highest BCUT2D eigenvalue weighted by Gasteiger charge is 2.31. The first kappa shape index (κ1) is 18.9.